The van der Waals surface area contributed by atoms with Crippen molar-refractivity contribution in [1.29, 1.82) is 0 Å². The minimum Gasteiger partial charge on any atom is -0.309 e. The van der Waals surface area contributed by atoms with Gasteiger partial charge in [0, 0.05) is 12.0 Å². The first kappa shape index (κ1) is 12.8. The van der Waals surface area contributed by atoms with Crippen LogP contribution in [0.2, 0.25) is 0 Å². The number of sulfone groups is 1. The Balaban J connectivity index is 2.04. The van der Waals surface area contributed by atoms with Gasteiger partial charge in [-0.25, -0.2) is 8.42 Å². The number of nitrogens with one attached hydrogen (secondary N) is 1. The molecule has 1 N–H and O–H groups in total. The monoisotopic (exact) mass is 279 g/mol. The van der Waals surface area contributed by atoms with Gasteiger partial charge in [0.25, 0.3) is 0 Å². The Morgan fingerprint density at radius 2 is 1.89 bits per heavy atom. The third-order valence-electron chi connectivity index (χ3n) is 3.97. The minimum absolute atomic E-state index is 0.129. The predicted molar refractivity (Wildman–Crippen MR) is 71.6 cm³/mol. The van der Waals surface area contributed by atoms with E-state index in [-0.39, 0.29) is 17.2 Å². The van der Waals surface area contributed by atoms with Gasteiger partial charge in [0.05, 0.1) is 10.1 Å². The molecule has 0 unspecified atom stereocenters. The Hall–Kier alpha value is -1.20. The van der Waals surface area contributed by atoms with Crippen LogP contribution in [0.25, 0.3) is 0 Å². The van der Waals surface area contributed by atoms with Crippen molar-refractivity contribution >= 4 is 16.1 Å². The highest BCUT2D eigenvalue weighted by Crippen LogP contribution is 2.38. The number of carbonyl (C=O) groups is 1. The van der Waals surface area contributed by atoms with E-state index in [0.29, 0.717) is 4.90 Å². The largest absolute Gasteiger partial charge is 0.309 e. The van der Waals surface area contributed by atoms with E-state index in [9.17, 15) is 13.2 Å². The summed E-state index contributed by atoms with van der Waals surface area (Å²) in [4.78, 5) is 11.5. The topological polar surface area (TPSA) is 63.2 Å². The Bertz CT molecular complexity index is 592. The Labute approximate surface area is 113 Å². The van der Waals surface area contributed by atoms with Gasteiger partial charge in [-0.05, 0) is 37.4 Å². The summed E-state index contributed by atoms with van der Waals surface area (Å²) in [7, 11) is -3.22. The molecule has 1 aliphatic carbocycles. The molecule has 0 radical (unpaired) electrons. The van der Waals surface area contributed by atoms with E-state index in [1.54, 1.807) is 12.1 Å². The highest BCUT2D eigenvalue weighted by Gasteiger charge is 2.40. The Morgan fingerprint density at radius 3 is 2.58 bits per heavy atom. The smallest absolute Gasteiger partial charge is 0.181 e. The van der Waals surface area contributed by atoms with Crippen LogP contribution < -0.4 is 5.32 Å². The summed E-state index contributed by atoms with van der Waals surface area (Å²) in [5.41, 5.74) is 0.754. The van der Waals surface area contributed by atoms with E-state index >= 15 is 0 Å². The number of hydrogen-bond acceptors (Lipinski definition) is 4. The van der Waals surface area contributed by atoms with Gasteiger partial charge in [0.2, 0.25) is 0 Å². The average Bonchev–Trinajstić information content (AvgIpc) is 3.18. The summed E-state index contributed by atoms with van der Waals surface area (Å²) in [5.74, 6) is -0.129. The molecule has 19 heavy (non-hydrogen) atoms. The van der Waals surface area contributed by atoms with Gasteiger partial charge in [-0.3, -0.25) is 0 Å². The zero-order valence-electron chi connectivity index (χ0n) is 10.6. The lowest BCUT2D eigenvalue weighted by atomic mass is 9.95. The van der Waals surface area contributed by atoms with Crippen molar-refractivity contribution in [2.45, 2.75) is 35.4 Å². The lowest BCUT2D eigenvalue weighted by molar-refractivity contribution is -0.111. The summed E-state index contributed by atoms with van der Waals surface area (Å²) in [5, 5.41) is 3.03. The zero-order chi connectivity index (χ0) is 13.5. The summed E-state index contributed by atoms with van der Waals surface area (Å²) in [6.45, 7) is 0.756. The number of rotatable bonds is 4. The van der Waals surface area contributed by atoms with Crippen LogP contribution >= 0.6 is 0 Å². The number of hydrogen-bond donors (Lipinski definition) is 1. The molecule has 1 saturated heterocycles. The van der Waals surface area contributed by atoms with Crippen LogP contribution in [0.3, 0.4) is 0 Å². The molecule has 3 rings (SSSR count). The normalized spacial score (nSPS) is 27.4. The molecule has 1 aromatic carbocycles. The molecule has 5 heteroatoms. The van der Waals surface area contributed by atoms with Crippen molar-refractivity contribution in [3.05, 3.63) is 29.8 Å². The highest BCUT2D eigenvalue weighted by molar-refractivity contribution is 7.92. The fourth-order valence-electron chi connectivity index (χ4n) is 2.77. The Kier molecular flexibility index (Phi) is 3.19. The molecule has 2 fully saturated rings. The maximum Gasteiger partial charge on any atom is 0.181 e. The Morgan fingerprint density at radius 1 is 1.16 bits per heavy atom. The molecule has 0 amide bonds. The second-order valence-corrected chi connectivity index (χ2v) is 7.50. The first-order valence-electron chi connectivity index (χ1n) is 6.66. The van der Waals surface area contributed by atoms with Crippen molar-refractivity contribution in [1.82, 2.24) is 5.32 Å². The van der Waals surface area contributed by atoms with Crippen molar-refractivity contribution in [2.24, 2.45) is 5.92 Å². The first-order valence-corrected chi connectivity index (χ1v) is 8.20. The first-order chi connectivity index (χ1) is 9.14. The van der Waals surface area contributed by atoms with E-state index in [1.807, 2.05) is 12.1 Å². The standard InChI is InChI=1S/C14H17NO3S/c16-9-10-7-8-15-14(10)12-3-1-2-4-13(12)19(17,18)11-5-6-11/h1-4,9-11,14-15H,5-8H2/t10-,14-/m1/s1. The van der Waals surface area contributed by atoms with Crippen LogP contribution in [0.4, 0.5) is 0 Å². The maximum absolute atomic E-state index is 12.5. The van der Waals surface area contributed by atoms with Gasteiger partial charge in [-0.1, -0.05) is 18.2 Å². The van der Waals surface area contributed by atoms with Crippen molar-refractivity contribution in [2.75, 3.05) is 6.54 Å². The third kappa shape index (κ3) is 2.21. The second-order valence-electron chi connectivity index (χ2n) is 5.30. The van der Waals surface area contributed by atoms with Crippen LogP contribution in [-0.4, -0.2) is 26.5 Å². The van der Waals surface area contributed by atoms with Gasteiger partial charge in [-0.15, -0.1) is 0 Å². The fourth-order valence-corrected chi connectivity index (χ4v) is 4.67. The summed E-state index contributed by atoms with van der Waals surface area (Å²) in [6.07, 6.45) is 3.22. The van der Waals surface area contributed by atoms with E-state index < -0.39 is 9.84 Å². The zero-order valence-corrected chi connectivity index (χ0v) is 11.4. The van der Waals surface area contributed by atoms with Crippen molar-refractivity contribution < 1.29 is 13.2 Å². The molecule has 0 spiro atoms. The molecule has 2 aliphatic rings. The number of carbonyl (C=O) groups excluding carboxylic acids is 1. The van der Waals surface area contributed by atoms with Gasteiger partial charge < -0.3 is 10.1 Å². The molecule has 1 heterocycles. The molecule has 1 aliphatic heterocycles. The van der Waals surface area contributed by atoms with E-state index in [1.165, 1.54) is 0 Å². The highest BCUT2D eigenvalue weighted by atomic mass is 32.2. The number of aldehydes is 1. The van der Waals surface area contributed by atoms with Crippen LogP contribution in [0.1, 0.15) is 30.9 Å². The minimum atomic E-state index is -3.22. The maximum atomic E-state index is 12.5. The SMILES string of the molecule is O=C[C@H]1CCN[C@H]1c1ccccc1S(=O)(=O)C1CC1. The van der Waals surface area contributed by atoms with E-state index in [2.05, 4.69) is 5.32 Å². The lowest BCUT2D eigenvalue weighted by Crippen LogP contribution is -2.22. The summed E-state index contributed by atoms with van der Waals surface area (Å²) in [6, 6.07) is 6.93. The van der Waals surface area contributed by atoms with E-state index in [0.717, 1.165) is 37.7 Å². The molecule has 0 aromatic heterocycles. The molecule has 102 valence electrons. The van der Waals surface area contributed by atoms with Crippen LogP contribution in [0.5, 0.6) is 0 Å². The molecule has 1 saturated carbocycles. The molecule has 2 atom stereocenters. The van der Waals surface area contributed by atoms with Crippen molar-refractivity contribution in [3.8, 4) is 0 Å². The average molecular weight is 279 g/mol. The van der Waals surface area contributed by atoms with Gasteiger partial charge >= 0.3 is 0 Å². The van der Waals surface area contributed by atoms with Crippen LogP contribution in [0.15, 0.2) is 29.2 Å². The predicted octanol–water partition coefficient (Wildman–Crippen LogP) is 1.47. The van der Waals surface area contributed by atoms with Crippen molar-refractivity contribution in [3.63, 3.8) is 0 Å². The summed E-state index contributed by atoms with van der Waals surface area (Å²) >= 11 is 0. The molecule has 1 aromatic rings. The fraction of sp³-hybridized carbons (Fsp3) is 0.500. The molecule has 0 bridgehead atoms. The van der Waals surface area contributed by atoms with Gasteiger partial charge in [0.1, 0.15) is 6.29 Å². The third-order valence-corrected chi connectivity index (χ3v) is 6.30. The van der Waals surface area contributed by atoms with Crippen LogP contribution in [-0.2, 0) is 14.6 Å². The molecule has 4 nitrogen and oxygen atoms in total. The van der Waals surface area contributed by atoms with Gasteiger partial charge in [0.15, 0.2) is 9.84 Å². The second kappa shape index (κ2) is 4.72. The number of benzene rings is 1. The van der Waals surface area contributed by atoms with E-state index in [4.69, 9.17) is 0 Å². The molecular weight excluding hydrogens is 262 g/mol. The van der Waals surface area contributed by atoms with Gasteiger partial charge in [-0.2, -0.15) is 0 Å². The summed E-state index contributed by atoms with van der Waals surface area (Å²) < 4.78 is 24.9. The quantitative estimate of drug-likeness (QED) is 0.848. The lowest BCUT2D eigenvalue weighted by Gasteiger charge is -2.19. The van der Waals surface area contributed by atoms with Crippen LogP contribution in [0, 0.1) is 5.92 Å². The molecular formula is C14H17NO3S.